The summed E-state index contributed by atoms with van der Waals surface area (Å²) < 4.78 is 40.2. The first-order valence-corrected chi connectivity index (χ1v) is 14.3. The minimum atomic E-state index is -4.29. The number of aliphatic hydroxyl groups is 1. The fraction of sp³-hybridized carbons (Fsp3) is 0.355. The number of nitrogens with one attached hydrogen (secondary N) is 2. The monoisotopic (exact) mass is 608 g/mol. The van der Waals surface area contributed by atoms with Crippen LogP contribution in [0.5, 0.6) is 0 Å². The number of benzene rings is 2. The summed E-state index contributed by atoms with van der Waals surface area (Å²) in [5.41, 5.74) is 4.83. The summed E-state index contributed by atoms with van der Waals surface area (Å²) in [5, 5.41) is 14.6. The van der Waals surface area contributed by atoms with E-state index in [9.17, 15) is 27.9 Å². The molecule has 1 aliphatic heterocycles. The van der Waals surface area contributed by atoms with Crippen LogP contribution >= 0.6 is 0 Å². The lowest BCUT2D eigenvalue weighted by Crippen LogP contribution is -2.45. The van der Waals surface area contributed by atoms with Crippen molar-refractivity contribution in [3.05, 3.63) is 87.3 Å². The number of piperidine rings is 1. The Morgan fingerprint density at radius 1 is 1.11 bits per heavy atom. The van der Waals surface area contributed by atoms with Gasteiger partial charge in [0.2, 0.25) is 11.4 Å². The van der Waals surface area contributed by atoms with Gasteiger partial charge < -0.3 is 15.0 Å². The zero-order chi connectivity index (χ0) is 31.1. The molecule has 0 unspecified atom stereocenters. The quantitative estimate of drug-likeness (QED) is 0.268. The van der Waals surface area contributed by atoms with Crippen LogP contribution in [0.2, 0.25) is 0 Å². The molecular weight excluding hydrogens is 577 g/mol. The van der Waals surface area contributed by atoms with E-state index in [0.717, 1.165) is 24.9 Å². The maximum absolute atomic E-state index is 13.3. The van der Waals surface area contributed by atoms with Crippen LogP contribution in [0.15, 0.2) is 59.7 Å². The molecule has 1 aliphatic carbocycles. The molecule has 2 aliphatic rings. The molecule has 0 bridgehead atoms. The van der Waals surface area contributed by atoms with Gasteiger partial charge >= 0.3 is 6.18 Å². The van der Waals surface area contributed by atoms with Crippen molar-refractivity contribution in [2.24, 2.45) is 0 Å². The number of alkyl halides is 3. The minimum absolute atomic E-state index is 0.117. The van der Waals surface area contributed by atoms with Crippen molar-refractivity contribution >= 4 is 28.6 Å². The first-order chi connectivity index (χ1) is 21.0. The summed E-state index contributed by atoms with van der Waals surface area (Å²) in [4.78, 5) is 41.0. The zero-order valence-corrected chi connectivity index (χ0v) is 23.9. The smallest absolute Gasteiger partial charge is 0.385 e. The van der Waals surface area contributed by atoms with Crippen LogP contribution in [-0.4, -0.2) is 63.4 Å². The van der Waals surface area contributed by atoms with Gasteiger partial charge in [0.25, 0.3) is 5.91 Å². The number of pyridine rings is 1. The standard InChI is InChI=1S/C31H31F3N6O4/c1-44-38-28(42)25-17-40(23-9-8-19-4-2-5-20(19)14-23)27-24(26(25)41)16-35-29(37-27)36-22-7-3-6-21(15-22)30(43)10-12-39(13-11-30)18-31(32,33)34/h3,6-9,14-17,43H,2,4-5,10-13,18H2,1H3,(H,38,42)(H,35,36,37). The number of carbonyl (C=O) groups excluding carboxylic acids is 1. The van der Waals surface area contributed by atoms with Crippen LogP contribution in [0.3, 0.4) is 0 Å². The number of rotatable bonds is 7. The minimum Gasteiger partial charge on any atom is -0.385 e. The van der Waals surface area contributed by atoms with E-state index in [4.69, 9.17) is 4.84 Å². The molecular formula is C31H31F3N6O4. The Labute approximate surface area is 250 Å². The predicted molar refractivity (Wildman–Crippen MR) is 157 cm³/mol. The molecule has 10 nitrogen and oxygen atoms in total. The molecule has 6 rings (SSSR count). The van der Waals surface area contributed by atoms with Gasteiger partial charge in [-0.2, -0.15) is 18.2 Å². The van der Waals surface area contributed by atoms with Gasteiger partial charge in [-0.25, -0.2) is 10.5 Å². The molecule has 0 spiro atoms. The van der Waals surface area contributed by atoms with Gasteiger partial charge in [0.1, 0.15) is 5.56 Å². The van der Waals surface area contributed by atoms with Gasteiger partial charge in [0.15, 0.2) is 5.65 Å². The van der Waals surface area contributed by atoms with E-state index in [0.29, 0.717) is 11.3 Å². The summed E-state index contributed by atoms with van der Waals surface area (Å²) in [6, 6.07) is 12.9. The predicted octanol–water partition coefficient (Wildman–Crippen LogP) is 4.15. The maximum atomic E-state index is 13.3. The lowest BCUT2D eigenvalue weighted by atomic mass is 9.84. The third kappa shape index (κ3) is 6.03. The zero-order valence-electron chi connectivity index (χ0n) is 23.9. The molecule has 4 aromatic rings. The average Bonchev–Trinajstić information content (AvgIpc) is 3.46. The normalized spacial score (nSPS) is 16.6. The van der Waals surface area contributed by atoms with Crippen LogP contribution in [-0.2, 0) is 23.3 Å². The van der Waals surface area contributed by atoms with Crippen molar-refractivity contribution in [2.45, 2.75) is 43.9 Å². The highest BCUT2D eigenvalue weighted by Crippen LogP contribution is 2.35. The number of anilines is 2. The number of hydrogen-bond acceptors (Lipinski definition) is 8. The van der Waals surface area contributed by atoms with Crippen molar-refractivity contribution in [1.29, 1.82) is 0 Å². The summed E-state index contributed by atoms with van der Waals surface area (Å²) in [5.74, 6) is -0.527. The molecule has 1 saturated heterocycles. The maximum Gasteiger partial charge on any atom is 0.401 e. The van der Waals surface area contributed by atoms with Crippen LogP contribution in [0.25, 0.3) is 16.7 Å². The second-order valence-corrected chi connectivity index (χ2v) is 11.2. The largest absolute Gasteiger partial charge is 0.401 e. The van der Waals surface area contributed by atoms with E-state index in [1.807, 2.05) is 18.2 Å². The lowest BCUT2D eigenvalue weighted by molar-refractivity contribution is -0.154. The van der Waals surface area contributed by atoms with Crippen LogP contribution < -0.4 is 16.2 Å². The van der Waals surface area contributed by atoms with E-state index in [1.54, 1.807) is 28.8 Å². The van der Waals surface area contributed by atoms with Crippen molar-refractivity contribution in [1.82, 2.24) is 24.9 Å². The Balaban J connectivity index is 1.33. The molecule has 1 amide bonds. The Morgan fingerprint density at radius 3 is 2.64 bits per heavy atom. The third-order valence-corrected chi connectivity index (χ3v) is 8.29. The first-order valence-electron chi connectivity index (χ1n) is 14.3. The number of nitrogens with zero attached hydrogens (tertiary/aromatic N) is 4. The fourth-order valence-corrected chi connectivity index (χ4v) is 6.02. The number of aryl methyl sites for hydroxylation is 2. The molecule has 1 fully saturated rings. The molecule has 0 radical (unpaired) electrons. The van der Waals surface area contributed by atoms with Gasteiger partial charge in [-0.05, 0) is 73.1 Å². The number of hydroxylamine groups is 1. The van der Waals surface area contributed by atoms with Crippen LogP contribution in [0.1, 0.15) is 46.3 Å². The lowest BCUT2D eigenvalue weighted by Gasteiger charge is -2.38. The van der Waals surface area contributed by atoms with Gasteiger partial charge in [-0.1, -0.05) is 18.2 Å². The van der Waals surface area contributed by atoms with Crippen LogP contribution in [0.4, 0.5) is 24.8 Å². The molecule has 13 heteroatoms. The number of aromatic nitrogens is 3. The van der Waals surface area contributed by atoms with E-state index in [2.05, 4.69) is 20.8 Å². The third-order valence-electron chi connectivity index (χ3n) is 8.29. The highest BCUT2D eigenvalue weighted by atomic mass is 19.4. The van der Waals surface area contributed by atoms with Crippen molar-refractivity contribution in [2.75, 3.05) is 32.1 Å². The van der Waals surface area contributed by atoms with E-state index in [-0.39, 0.29) is 48.5 Å². The van der Waals surface area contributed by atoms with Crippen molar-refractivity contribution in [3.63, 3.8) is 0 Å². The highest BCUT2D eigenvalue weighted by molar-refractivity contribution is 5.96. The molecule has 2 aromatic carbocycles. The van der Waals surface area contributed by atoms with Crippen LogP contribution in [0, 0.1) is 0 Å². The summed E-state index contributed by atoms with van der Waals surface area (Å²) in [6.07, 6.45) is 1.81. The first kappa shape index (κ1) is 29.7. The second-order valence-electron chi connectivity index (χ2n) is 11.2. The van der Waals surface area contributed by atoms with Gasteiger partial charge in [-0.15, -0.1) is 0 Å². The molecule has 44 heavy (non-hydrogen) atoms. The average molecular weight is 609 g/mol. The van der Waals surface area contributed by atoms with Gasteiger partial charge in [0, 0.05) is 36.9 Å². The van der Waals surface area contributed by atoms with Gasteiger partial charge in [-0.3, -0.25) is 19.3 Å². The van der Waals surface area contributed by atoms with E-state index in [1.165, 1.54) is 35.5 Å². The Morgan fingerprint density at radius 2 is 1.89 bits per heavy atom. The Hall–Kier alpha value is -4.33. The van der Waals surface area contributed by atoms with Crippen molar-refractivity contribution < 1.29 is 27.9 Å². The SMILES string of the molecule is CONC(=O)c1cn(-c2ccc3c(c2)CCC3)c2nc(Nc3cccc(C4(O)CCN(CC(F)(F)F)CC4)c3)ncc2c1=O. The molecule has 3 N–H and O–H groups in total. The van der Waals surface area contributed by atoms with Gasteiger partial charge in [0.05, 0.1) is 24.6 Å². The number of hydrogen-bond donors (Lipinski definition) is 3. The fourth-order valence-electron chi connectivity index (χ4n) is 6.02. The van der Waals surface area contributed by atoms with Crippen molar-refractivity contribution in [3.8, 4) is 5.69 Å². The molecule has 0 saturated carbocycles. The number of halogens is 3. The second kappa shape index (κ2) is 11.6. The number of carbonyl (C=O) groups is 1. The number of likely N-dealkylation sites (tertiary alicyclic amines) is 1. The summed E-state index contributed by atoms with van der Waals surface area (Å²) in [7, 11) is 1.28. The summed E-state index contributed by atoms with van der Waals surface area (Å²) in [6.45, 7) is -0.767. The van der Waals surface area contributed by atoms with E-state index < -0.39 is 29.7 Å². The van der Waals surface area contributed by atoms with E-state index >= 15 is 0 Å². The molecule has 3 heterocycles. The summed E-state index contributed by atoms with van der Waals surface area (Å²) >= 11 is 0. The number of amides is 1. The Bertz CT molecular complexity index is 1780. The molecule has 230 valence electrons. The molecule has 0 atom stereocenters. The highest BCUT2D eigenvalue weighted by Gasteiger charge is 2.38. The molecule has 2 aromatic heterocycles. The number of fused-ring (bicyclic) bond motifs is 2. The topological polar surface area (TPSA) is 122 Å². The Kier molecular flexibility index (Phi) is 7.86.